The minimum absolute atomic E-state index is 0.0430. The predicted octanol–water partition coefficient (Wildman–Crippen LogP) is 1.74. The molecule has 9 nitrogen and oxygen atoms in total. The van der Waals surface area contributed by atoms with Crippen LogP contribution in [0.1, 0.15) is 5.01 Å². The van der Waals surface area contributed by atoms with Crippen LogP contribution in [0.2, 0.25) is 0 Å². The average molecular weight is 378 g/mol. The second-order valence-electron chi connectivity index (χ2n) is 5.94. The molecular formula is C17H14N8OS. The summed E-state index contributed by atoms with van der Waals surface area (Å²) in [4.78, 5) is 14.6. The lowest BCUT2D eigenvalue weighted by molar-refractivity contribution is 0.269. The Morgan fingerprint density at radius 1 is 1.11 bits per heavy atom. The van der Waals surface area contributed by atoms with E-state index in [0.29, 0.717) is 18.7 Å². The average Bonchev–Trinajstić information content (AvgIpc) is 3.40. The Labute approximate surface area is 156 Å². The van der Waals surface area contributed by atoms with Crippen LogP contribution >= 0.6 is 11.3 Å². The van der Waals surface area contributed by atoms with Crippen LogP contribution in [-0.2, 0) is 13.1 Å². The quantitative estimate of drug-likeness (QED) is 0.496. The fourth-order valence-electron chi connectivity index (χ4n) is 2.85. The first kappa shape index (κ1) is 16.0. The summed E-state index contributed by atoms with van der Waals surface area (Å²) < 4.78 is 3.43. The third-order valence-electron chi connectivity index (χ3n) is 4.11. The molecule has 0 bridgehead atoms. The van der Waals surface area contributed by atoms with E-state index in [0.717, 1.165) is 32.1 Å². The number of rotatable bonds is 5. The molecule has 0 spiro atoms. The van der Waals surface area contributed by atoms with E-state index in [1.165, 1.54) is 11.3 Å². The number of hydrogen-bond acceptors (Lipinski definition) is 8. The van der Waals surface area contributed by atoms with Crippen molar-refractivity contribution in [1.82, 2.24) is 39.7 Å². The van der Waals surface area contributed by atoms with E-state index < -0.39 is 0 Å². The second-order valence-corrected chi connectivity index (χ2v) is 7.00. The molecule has 0 fully saturated rings. The van der Waals surface area contributed by atoms with Crippen LogP contribution in [0.4, 0.5) is 0 Å². The molecular weight excluding hydrogens is 364 g/mol. The zero-order valence-corrected chi connectivity index (χ0v) is 14.9. The molecule has 0 aromatic carbocycles. The lowest BCUT2D eigenvalue weighted by atomic mass is 10.2. The van der Waals surface area contributed by atoms with E-state index in [4.69, 9.17) is 10.1 Å². The summed E-state index contributed by atoms with van der Waals surface area (Å²) in [6, 6.07) is 7.61. The fraction of sp³-hybridized carbons (Fsp3) is 0.176. The largest absolute Gasteiger partial charge is 0.394 e. The number of fused-ring (bicyclic) bond motifs is 2. The third-order valence-corrected chi connectivity index (χ3v) is 5.08. The highest BCUT2D eigenvalue weighted by atomic mass is 32.1. The van der Waals surface area contributed by atoms with Crippen molar-refractivity contribution in [1.29, 1.82) is 0 Å². The Kier molecular flexibility index (Phi) is 3.84. The summed E-state index contributed by atoms with van der Waals surface area (Å²) in [6.07, 6.45) is 5.36. The maximum atomic E-state index is 9.04. The van der Waals surface area contributed by atoms with E-state index in [-0.39, 0.29) is 6.61 Å². The first-order valence-electron chi connectivity index (χ1n) is 8.34. The molecule has 0 unspecified atom stereocenters. The molecule has 5 aromatic heterocycles. The summed E-state index contributed by atoms with van der Waals surface area (Å²) in [7, 11) is 0. The van der Waals surface area contributed by atoms with Gasteiger partial charge in [-0.05, 0) is 24.3 Å². The molecule has 5 rings (SSSR count). The molecule has 134 valence electrons. The second kappa shape index (κ2) is 6.49. The Hall–Kier alpha value is -3.24. The SMILES string of the molecule is OCCn1cc(-c2ccc3nnn(Cc4nc5cccnc5s4)c3n2)cn1. The van der Waals surface area contributed by atoms with Crippen molar-refractivity contribution < 1.29 is 5.11 Å². The number of aliphatic hydroxyl groups is 1. The van der Waals surface area contributed by atoms with Gasteiger partial charge in [0.05, 0.1) is 31.6 Å². The Bertz CT molecular complexity index is 1210. The van der Waals surface area contributed by atoms with Gasteiger partial charge in [0.25, 0.3) is 0 Å². The van der Waals surface area contributed by atoms with Crippen LogP contribution in [0.3, 0.4) is 0 Å². The summed E-state index contributed by atoms with van der Waals surface area (Å²) >= 11 is 1.54. The van der Waals surface area contributed by atoms with Gasteiger partial charge in [0.1, 0.15) is 20.9 Å². The van der Waals surface area contributed by atoms with Crippen molar-refractivity contribution in [3.8, 4) is 11.3 Å². The van der Waals surface area contributed by atoms with E-state index >= 15 is 0 Å². The fourth-order valence-corrected chi connectivity index (χ4v) is 3.74. The minimum Gasteiger partial charge on any atom is -0.394 e. The monoisotopic (exact) mass is 378 g/mol. The highest BCUT2D eigenvalue weighted by Gasteiger charge is 2.12. The Morgan fingerprint density at radius 3 is 2.96 bits per heavy atom. The molecule has 0 radical (unpaired) electrons. The van der Waals surface area contributed by atoms with Gasteiger partial charge in [0.15, 0.2) is 5.65 Å². The number of pyridine rings is 2. The van der Waals surface area contributed by atoms with Crippen LogP contribution < -0.4 is 0 Å². The van der Waals surface area contributed by atoms with E-state index in [1.54, 1.807) is 21.8 Å². The summed E-state index contributed by atoms with van der Waals surface area (Å²) in [5, 5.41) is 22.6. The van der Waals surface area contributed by atoms with Crippen LogP contribution in [0, 0.1) is 0 Å². The topological polar surface area (TPSA) is 107 Å². The Balaban J connectivity index is 1.50. The van der Waals surface area contributed by atoms with Gasteiger partial charge in [-0.3, -0.25) is 4.68 Å². The highest BCUT2D eigenvalue weighted by Crippen LogP contribution is 2.22. The summed E-state index contributed by atoms with van der Waals surface area (Å²) in [6.45, 7) is 0.979. The smallest absolute Gasteiger partial charge is 0.179 e. The van der Waals surface area contributed by atoms with Crippen molar-refractivity contribution in [2.75, 3.05) is 6.61 Å². The number of aliphatic hydroxyl groups excluding tert-OH is 1. The van der Waals surface area contributed by atoms with Gasteiger partial charge in [0.2, 0.25) is 0 Å². The first-order valence-corrected chi connectivity index (χ1v) is 9.16. The van der Waals surface area contributed by atoms with Crippen molar-refractivity contribution in [2.45, 2.75) is 13.1 Å². The van der Waals surface area contributed by atoms with Gasteiger partial charge < -0.3 is 5.11 Å². The zero-order chi connectivity index (χ0) is 18.2. The van der Waals surface area contributed by atoms with E-state index in [9.17, 15) is 0 Å². The molecule has 5 heterocycles. The van der Waals surface area contributed by atoms with Gasteiger partial charge in [-0.15, -0.1) is 5.10 Å². The van der Waals surface area contributed by atoms with Gasteiger partial charge in [-0.2, -0.15) is 5.10 Å². The normalized spacial score (nSPS) is 11.6. The maximum absolute atomic E-state index is 9.04. The molecule has 10 heteroatoms. The lowest BCUT2D eigenvalue weighted by Gasteiger charge is -2.00. The van der Waals surface area contributed by atoms with Crippen molar-refractivity contribution in [2.24, 2.45) is 0 Å². The molecule has 5 aromatic rings. The number of nitrogens with zero attached hydrogens (tertiary/aromatic N) is 8. The molecule has 0 atom stereocenters. The van der Waals surface area contributed by atoms with Gasteiger partial charge in [-0.1, -0.05) is 16.6 Å². The van der Waals surface area contributed by atoms with Gasteiger partial charge >= 0.3 is 0 Å². The van der Waals surface area contributed by atoms with Crippen molar-refractivity contribution in [3.05, 3.63) is 47.9 Å². The first-order chi connectivity index (χ1) is 13.3. The molecule has 0 amide bonds. The highest BCUT2D eigenvalue weighted by molar-refractivity contribution is 7.18. The predicted molar refractivity (Wildman–Crippen MR) is 100 cm³/mol. The molecule has 0 aliphatic heterocycles. The van der Waals surface area contributed by atoms with Crippen molar-refractivity contribution in [3.63, 3.8) is 0 Å². The van der Waals surface area contributed by atoms with E-state index in [2.05, 4.69) is 25.4 Å². The van der Waals surface area contributed by atoms with Crippen molar-refractivity contribution >= 4 is 32.8 Å². The number of aromatic nitrogens is 8. The standard InChI is InChI=1S/C17H14N8OS/c26-7-6-24-9-11(8-19-24)12-3-4-13-16(21-12)25(23-22-13)10-15-20-14-2-1-5-18-17(14)27-15/h1-5,8-9,26H,6-7,10H2. The summed E-state index contributed by atoms with van der Waals surface area (Å²) in [5.74, 6) is 0. The molecule has 0 saturated heterocycles. The molecule has 27 heavy (non-hydrogen) atoms. The number of thiazole rings is 1. The number of hydrogen-bond donors (Lipinski definition) is 1. The van der Waals surface area contributed by atoms with E-state index in [1.807, 2.05) is 30.5 Å². The van der Waals surface area contributed by atoms with Crippen LogP contribution in [0.5, 0.6) is 0 Å². The van der Waals surface area contributed by atoms with Gasteiger partial charge in [-0.25, -0.2) is 19.6 Å². The van der Waals surface area contributed by atoms with Crippen LogP contribution in [-0.4, -0.2) is 51.4 Å². The lowest BCUT2D eigenvalue weighted by Crippen LogP contribution is -2.03. The maximum Gasteiger partial charge on any atom is 0.179 e. The molecule has 1 N–H and O–H groups in total. The van der Waals surface area contributed by atoms with Gasteiger partial charge in [0, 0.05) is 18.0 Å². The van der Waals surface area contributed by atoms with Crippen LogP contribution in [0.15, 0.2) is 42.9 Å². The molecule has 0 saturated carbocycles. The third kappa shape index (κ3) is 2.94. The Morgan fingerprint density at radius 2 is 2.07 bits per heavy atom. The summed E-state index contributed by atoms with van der Waals surface area (Å²) in [5.41, 5.74) is 3.95. The molecule has 0 aliphatic rings. The zero-order valence-electron chi connectivity index (χ0n) is 14.1. The van der Waals surface area contributed by atoms with Crippen LogP contribution in [0.25, 0.3) is 32.8 Å². The molecule has 0 aliphatic carbocycles. The minimum atomic E-state index is 0.0430.